The zero-order valence-corrected chi connectivity index (χ0v) is 12.2. The summed E-state index contributed by atoms with van der Waals surface area (Å²) in [5.41, 5.74) is 5.59. The predicted molar refractivity (Wildman–Crippen MR) is 85.7 cm³/mol. The Bertz CT molecular complexity index is 695. The van der Waals surface area contributed by atoms with Gasteiger partial charge in [0.15, 0.2) is 0 Å². The molecule has 0 aliphatic rings. The van der Waals surface area contributed by atoms with Crippen LogP contribution in [0.25, 0.3) is 22.5 Å². The van der Waals surface area contributed by atoms with E-state index < -0.39 is 0 Å². The van der Waals surface area contributed by atoms with Crippen molar-refractivity contribution in [1.82, 2.24) is 0 Å². The molecule has 2 heteroatoms. The van der Waals surface area contributed by atoms with E-state index in [1.807, 2.05) is 80.6 Å². The fourth-order valence-corrected chi connectivity index (χ4v) is 2.37. The van der Waals surface area contributed by atoms with Crippen molar-refractivity contribution in [2.45, 2.75) is 13.8 Å². The Labute approximate surface area is 124 Å². The molecule has 1 heterocycles. The highest BCUT2D eigenvalue weighted by atomic mass is 16.5. The monoisotopic (exact) mass is 275 g/mol. The first-order valence-corrected chi connectivity index (χ1v) is 7.02. The third-order valence-corrected chi connectivity index (χ3v) is 3.64. The minimum atomic E-state index is 0.674. The van der Waals surface area contributed by atoms with Crippen molar-refractivity contribution < 1.29 is 4.73 Å². The van der Waals surface area contributed by atoms with Gasteiger partial charge in [0.05, 0.1) is 0 Å². The topological polar surface area (TPSA) is 26.9 Å². The van der Waals surface area contributed by atoms with Gasteiger partial charge in [-0.3, -0.25) is 0 Å². The summed E-state index contributed by atoms with van der Waals surface area (Å²) in [4.78, 5) is 0. The first-order chi connectivity index (χ1) is 10.1. The molecule has 0 bridgehead atoms. The Kier molecular flexibility index (Phi) is 3.44. The summed E-state index contributed by atoms with van der Waals surface area (Å²) in [5.74, 6) is 0. The van der Waals surface area contributed by atoms with Gasteiger partial charge in [0.25, 0.3) is 0 Å². The Hall–Kier alpha value is -2.61. The van der Waals surface area contributed by atoms with E-state index in [2.05, 4.69) is 0 Å². The SMILES string of the molecule is Cc1ccc(-c2cccc(-c3ccc(C)cc3)[n+]2[O-])cc1. The largest absolute Gasteiger partial charge is 0.618 e. The smallest absolute Gasteiger partial charge is 0.224 e. The zero-order chi connectivity index (χ0) is 14.8. The second-order valence-electron chi connectivity index (χ2n) is 5.32. The van der Waals surface area contributed by atoms with Crippen LogP contribution < -0.4 is 4.73 Å². The van der Waals surface area contributed by atoms with Crippen molar-refractivity contribution in [3.05, 3.63) is 83.1 Å². The summed E-state index contributed by atoms with van der Waals surface area (Å²) >= 11 is 0. The number of hydrogen-bond acceptors (Lipinski definition) is 1. The molecule has 0 unspecified atom stereocenters. The summed E-state index contributed by atoms with van der Waals surface area (Å²) in [7, 11) is 0. The molecule has 2 aromatic carbocycles. The lowest BCUT2D eigenvalue weighted by Gasteiger charge is -2.10. The molecule has 0 spiro atoms. The molecule has 21 heavy (non-hydrogen) atoms. The van der Waals surface area contributed by atoms with Crippen molar-refractivity contribution in [2.75, 3.05) is 0 Å². The molecule has 2 nitrogen and oxygen atoms in total. The normalized spacial score (nSPS) is 10.6. The van der Waals surface area contributed by atoms with Gasteiger partial charge < -0.3 is 5.21 Å². The van der Waals surface area contributed by atoms with E-state index in [0.717, 1.165) is 15.9 Å². The number of rotatable bonds is 2. The van der Waals surface area contributed by atoms with Crippen LogP contribution in [-0.4, -0.2) is 0 Å². The number of hydrogen-bond donors (Lipinski definition) is 0. The summed E-state index contributed by atoms with van der Waals surface area (Å²) in [6.45, 7) is 4.08. The molecule has 3 aromatic rings. The van der Waals surface area contributed by atoms with Crippen molar-refractivity contribution in [3.8, 4) is 22.5 Å². The summed E-state index contributed by atoms with van der Waals surface area (Å²) in [6.07, 6.45) is 0. The van der Waals surface area contributed by atoms with Gasteiger partial charge in [0.1, 0.15) is 0 Å². The highest BCUT2D eigenvalue weighted by molar-refractivity contribution is 5.61. The van der Waals surface area contributed by atoms with Gasteiger partial charge in [-0.1, -0.05) is 35.4 Å². The number of pyridine rings is 1. The number of aromatic nitrogens is 1. The minimum absolute atomic E-state index is 0.674. The molecule has 0 aliphatic heterocycles. The molecule has 0 saturated carbocycles. The van der Waals surface area contributed by atoms with Crippen molar-refractivity contribution in [1.29, 1.82) is 0 Å². The Morgan fingerprint density at radius 1 is 0.619 bits per heavy atom. The van der Waals surface area contributed by atoms with Crippen LogP contribution in [0.1, 0.15) is 11.1 Å². The first-order valence-electron chi connectivity index (χ1n) is 7.02. The van der Waals surface area contributed by atoms with Crippen molar-refractivity contribution >= 4 is 0 Å². The van der Waals surface area contributed by atoms with Crippen LogP contribution in [0.2, 0.25) is 0 Å². The Morgan fingerprint density at radius 3 is 1.38 bits per heavy atom. The molecule has 0 saturated heterocycles. The predicted octanol–water partition coefficient (Wildman–Crippen LogP) is 4.27. The standard InChI is InChI=1S/C19H17NO/c1-14-6-10-16(11-7-14)18-4-3-5-19(20(18)21)17-12-8-15(2)9-13-17/h3-13H,1-2H3. The molecule has 1 aromatic heterocycles. The maximum absolute atomic E-state index is 12.7. The molecule has 0 amide bonds. The molecular formula is C19H17NO. The maximum atomic E-state index is 12.7. The molecule has 0 atom stereocenters. The zero-order valence-electron chi connectivity index (χ0n) is 12.2. The molecule has 0 aliphatic carbocycles. The summed E-state index contributed by atoms with van der Waals surface area (Å²) in [5, 5.41) is 12.7. The van der Waals surface area contributed by atoms with Crippen molar-refractivity contribution in [2.24, 2.45) is 0 Å². The Balaban J connectivity index is 2.10. The van der Waals surface area contributed by atoms with Crippen LogP contribution >= 0.6 is 0 Å². The minimum Gasteiger partial charge on any atom is -0.618 e. The Morgan fingerprint density at radius 2 is 1.00 bits per heavy atom. The highest BCUT2D eigenvalue weighted by Gasteiger charge is 2.14. The van der Waals surface area contributed by atoms with Gasteiger partial charge in [-0.15, -0.1) is 0 Å². The fourth-order valence-electron chi connectivity index (χ4n) is 2.37. The van der Waals surface area contributed by atoms with E-state index >= 15 is 0 Å². The third-order valence-electron chi connectivity index (χ3n) is 3.64. The van der Waals surface area contributed by atoms with E-state index in [1.54, 1.807) is 0 Å². The van der Waals surface area contributed by atoms with Gasteiger partial charge in [-0.2, -0.15) is 4.73 Å². The van der Waals surface area contributed by atoms with E-state index in [1.165, 1.54) is 11.1 Å². The van der Waals surface area contributed by atoms with Crippen LogP contribution in [0.5, 0.6) is 0 Å². The summed E-state index contributed by atoms with van der Waals surface area (Å²) in [6, 6.07) is 21.7. The van der Waals surface area contributed by atoms with Crippen LogP contribution in [-0.2, 0) is 0 Å². The van der Waals surface area contributed by atoms with Crippen LogP contribution in [0.3, 0.4) is 0 Å². The molecule has 0 N–H and O–H groups in total. The summed E-state index contributed by atoms with van der Waals surface area (Å²) < 4.78 is 1.01. The second kappa shape index (κ2) is 5.41. The average molecular weight is 275 g/mol. The number of benzene rings is 2. The lowest BCUT2D eigenvalue weighted by atomic mass is 10.1. The fraction of sp³-hybridized carbons (Fsp3) is 0.105. The highest BCUT2D eigenvalue weighted by Crippen LogP contribution is 2.21. The van der Waals surface area contributed by atoms with E-state index in [4.69, 9.17) is 0 Å². The van der Waals surface area contributed by atoms with Gasteiger partial charge in [0.2, 0.25) is 11.4 Å². The van der Waals surface area contributed by atoms with Gasteiger partial charge in [0, 0.05) is 23.3 Å². The molecule has 0 fully saturated rings. The lowest BCUT2D eigenvalue weighted by Crippen LogP contribution is -2.31. The quantitative estimate of drug-likeness (QED) is 0.507. The van der Waals surface area contributed by atoms with E-state index in [-0.39, 0.29) is 0 Å². The molecule has 104 valence electrons. The van der Waals surface area contributed by atoms with E-state index in [9.17, 15) is 5.21 Å². The van der Waals surface area contributed by atoms with Crippen LogP contribution in [0, 0.1) is 19.1 Å². The van der Waals surface area contributed by atoms with E-state index in [0.29, 0.717) is 11.4 Å². The third kappa shape index (κ3) is 2.65. The maximum Gasteiger partial charge on any atom is 0.224 e. The first kappa shape index (κ1) is 13.4. The number of nitrogens with zero attached hydrogens (tertiary/aromatic N) is 1. The molecule has 3 rings (SSSR count). The van der Waals surface area contributed by atoms with Crippen molar-refractivity contribution in [3.63, 3.8) is 0 Å². The van der Waals surface area contributed by atoms with Crippen LogP contribution in [0.4, 0.5) is 0 Å². The number of aryl methyl sites for hydroxylation is 2. The average Bonchev–Trinajstić information content (AvgIpc) is 2.50. The lowest BCUT2D eigenvalue weighted by molar-refractivity contribution is -0.581. The molecular weight excluding hydrogens is 258 g/mol. The molecule has 0 radical (unpaired) electrons. The van der Waals surface area contributed by atoms with Crippen LogP contribution in [0.15, 0.2) is 66.7 Å². The van der Waals surface area contributed by atoms with Gasteiger partial charge in [-0.25, -0.2) is 0 Å². The van der Waals surface area contributed by atoms with Gasteiger partial charge in [-0.05, 0) is 44.2 Å². The van der Waals surface area contributed by atoms with Gasteiger partial charge >= 0.3 is 0 Å². The second-order valence-corrected chi connectivity index (χ2v) is 5.32.